The summed E-state index contributed by atoms with van der Waals surface area (Å²) in [4.78, 5) is 11.2. The van der Waals surface area contributed by atoms with E-state index in [9.17, 15) is 4.79 Å². The molecule has 0 unspecified atom stereocenters. The standard InChI is InChI=1S/C12H14ClNO2/c1-3-6-14-12(15)8-16-11-7-9(2)4-5-10(11)13/h3-5,7H,1,6,8H2,2H3,(H,14,15). The highest BCUT2D eigenvalue weighted by Crippen LogP contribution is 2.24. The van der Waals surface area contributed by atoms with Gasteiger partial charge in [-0.05, 0) is 24.6 Å². The molecule has 0 aliphatic rings. The van der Waals surface area contributed by atoms with Gasteiger partial charge >= 0.3 is 0 Å². The summed E-state index contributed by atoms with van der Waals surface area (Å²) in [6, 6.07) is 5.42. The SMILES string of the molecule is C=CCNC(=O)COc1cc(C)ccc1Cl. The average Bonchev–Trinajstić information content (AvgIpc) is 2.27. The van der Waals surface area contributed by atoms with Crippen LogP contribution in [0.5, 0.6) is 5.75 Å². The molecule has 0 heterocycles. The van der Waals surface area contributed by atoms with Crippen molar-refractivity contribution in [1.82, 2.24) is 5.32 Å². The average molecular weight is 240 g/mol. The maximum absolute atomic E-state index is 11.2. The third kappa shape index (κ3) is 3.95. The molecule has 16 heavy (non-hydrogen) atoms. The molecule has 1 N–H and O–H groups in total. The van der Waals surface area contributed by atoms with Crippen LogP contribution in [0.15, 0.2) is 30.9 Å². The van der Waals surface area contributed by atoms with E-state index in [1.54, 1.807) is 18.2 Å². The van der Waals surface area contributed by atoms with Crippen LogP contribution >= 0.6 is 11.6 Å². The molecule has 86 valence electrons. The van der Waals surface area contributed by atoms with Crippen LogP contribution < -0.4 is 10.1 Å². The molecule has 0 saturated carbocycles. The molecule has 0 spiro atoms. The second-order valence-electron chi connectivity index (χ2n) is 3.32. The van der Waals surface area contributed by atoms with Crippen molar-refractivity contribution >= 4 is 17.5 Å². The Kier molecular flexibility index (Phi) is 4.86. The van der Waals surface area contributed by atoms with Gasteiger partial charge in [0.1, 0.15) is 5.75 Å². The van der Waals surface area contributed by atoms with Gasteiger partial charge in [0, 0.05) is 6.54 Å². The highest BCUT2D eigenvalue weighted by molar-refractivity contribution is 6.32. The molecule has 1 amide bonds. The monoisotopic (exact) mass is 239 g/mol. The van der Waals surface area contributed by atoms with Crippen molar-refractivity contribution in [1.29, 1.82) is 0 Å². The number of hydrogen-bond acceptors (Lipinski definition) is 2. The molecular formula is C12H14ClNO2. The van der Waals surface area contributed by atoms with Gasteiger partial charge in [0.05, 0.1) is 5.02 Å². The molecule has 1 aromatic rings. The number of aryl methyl sites for hydroxylation is 1. The second kappa shape index (κ2) is 6.18. The summed E-state index contributed by atoms with van der Waals surface area (Å²) in [5, 5.41) is 3.11. The zero-order valence-electron chi connectivity index (χ0n) is 9.13. The van der Waals surface area contributed by atoms with E-state index in [0.29, 0.717) is 17.3 Å². The van der Waals surface area contributed by atoms with Gasteiger partial charge in [-0.2, -0.15) is 0 Å². The third-order valence-electron chi connectivity index (χ3n) is 1.89. The van der Waals surface area contributed by atoms with Crippen molar-refractivity contribution in [2.75, 3.05) is 13.2 Å². The predicted octanol–water partition coefficient (Wildman–Crippen LogP) is 2.33. The molecule has 0 aliphatic heterocycles. The van der Waals surface area contributed by atoms with E-state index in [1.165, 1.54) is 0 Å². The predicted molar refractivity (Wildman–Crippen MR) is 64.9 cm³/mol. The number of ether oxygens (including phenoxy) is 1. The Morgan fingerprint density at radius 3 is 3.06 bits per heavy atom. The summed E-state index contributed by atoms with van der Waals surface area (Å²) in [5.41, 5.74) is 1.03. The van der Waals surface area contributed by atoms with Gasteiger partial charge in [0.2, 0.25) is 0 Å². The molecule has 0 atom stereocenters. The van der Waals surface area contributed by atoms with Crippen molar-refractivity contribution in [2.24, 2.45) is 0 Å². The Labute approximate surface area is 100 Å². The number of carbonyl (C=O) groups is 1. The minimum atomic E-state index is -0.197. The van der Waals surface area contributed by atoms with Crippen LogP contribution in [0.3, 0.4) is 0 Å². The maximum atomic E-state index is 11.2. The number of rotatable bonds is 5. The fraction of sp³-hybridized carbons (Fsp3) is 0.250. The van der Waals surface area contributed by atoms with Crippen LogP contribution in [0.1, 0.15) is 5.56 Å². The molecule has 0 fully saturated rings. The Hall–Kier alpha value is -1.48. The van der Waals surface area contributed by atoms with Gasteiger partial charge in [-0.15, -0.1) is 6.58 Å². The van der Waals surface area contributed by atoms with Crippen molar-refractivity contribution in [3.63, 3.8) is 0 Å². The number of amides is 1. The normalized spacial score (nSPS) is 9.62. The highest BCUT2D eigenvalue weighted by atomic mass is 35.5. The molecule has 0 aliphatic carbocycles. The number of carbonyl (C=O) groups excluding carboxylic acids is 1. The van der Waals surface area contributed by atoms with Crippen molar-refractivity contribution in [3.8, 4) is 5.75 Å². The van der Waals surface area contributed by atoms with Crippen LogP contribution in [0, 0.1) is 6.92 Å². The number of hydrogen-bond donors (Lipinski definition) is 1. The Balaban J connectivity index is 2.50. The fourth-order valence-electron chi connectivity index (χ4n) is 1.10. The minimum absolute atomic E-state index is 0.0446. The van der Waals surface area contributed by atoms with Gasteiger partial charge in [-0.25, -0.2) is 0 Å². The lowest BCUT2D eigenvalue weighted by Crippen LogP contribution is -2.28. The lowest BCUT2D eigenvalue weighted by molar-refractivity contribution is -0.122. The molecule has 1 aromatic carbocycles. The van der Waals surface area contributed by atoms with Crippen LogP contribution in [-0.4, -0.2) is 19.1 Å². The first-order chi connectivity index (χ1) is 7.63. The van der Waals surface area contributed by atoms with E-state index in [-0.39, 0.29) is 12.5 Å². The molecule has 4 heteroatoms. The van der Waals surface area contributed by atoms with E-state index in [1.807, 2.05) is 13.0 Å². The molecule has 0 radical (unpaired) electrons. The first kappa shape index (κ1) is 12.6. The van der Waals surface area contributed by atoms with Crippen LogP contribution in [0.25, 0.3) is 0 Å². The molecular weight excluding hydrogens is 226 g/mol. The zero-order chi connectivity index (χ0) is 12.0. The highest BCUT2D eigenvalue weighted by Gasteiger charge is 2.04. The van der Waals surface area contributed by atoms with Gasteiger partial charge in [-0.3, -0.25) is 4.79 Å². The largest absolute Gasteiger partial charge is 0.482 e. The zero-order valence-corrected chi connectivity index (χ0v) is 9.88. The summed E-state index contributed by atoms with van der Waals surface area (Å²) in [6.45, 7) is 5.82. The lowest BCUT2D eigenvalue weighted by Gasteiger charge is -2.08. The topological polar surface area (TPSA) is 38.3 Å². The second-order valence-corrected chi connectivity index (χ2v) is 3.72. The quantitative estimate of drug-likeness (QED) is 0.801. The summed E-state index contributed by atoms with van der Waals surface area (Å²) in [6.07, 6.45) is 1.61. The van der Waals surface area contributed by atoms with Crippen LogP contribution in [0.4, 0.5) is 0 Å². The van der Waals surface area contributed by atoms with Crippen LogP contribution in [-0.2, 0) is 4.79 Å². The number of benzene rings is 1. The molecule has 1 rings (SSSR count). The van der Waals surface area contributed by atoms with E-state index < -0.39 is 0 Å². The molecule has 0 saturated heterocycles. The fourth-order valence-corrected chi connectivity index (χ4v) is 1.27. The summed E-state index contributed by atoms with van der Waals surface area (Å²) in [7, 11) is 0. The van der Waals surface area contributed by atoms with Crippen molar-refractivity contribution in [2.45, 2.75) is 6.92 Å². The summed E-state index contributed by atoms with van der Waals surface area (Å²) < 4.78 is 5.30. The minimum Gasteiger partial charge on any atom is -0.482 e. The molecule has 0 aromatic heterocycles. The number of halogens is 1. The number of nitrogens with one attached hydrogen (secondary N) is 1. The van der Waals surface area contributed by atoms with Crippen LogP contribution in [0.2, 0.25) is 5.02 Å². The Morgan fingerprint density at radius 1 is 1.62 bits per heavy atom. The lowest BCUT2D eigenvalue weighted by atomic mass is 10.2. The van der Waals surface area contributed by atoms with E-state index >= 15 is 0 Å². The molecule has 0 bridgehead atoms. The van der Waals surface area contributed by atoms with Gasteiger partial charge in [0.25, 0.3) is 5.91 Å². The Bertz CT molecular complexity index is 391. The van der Waals surface area contributed by atoms with Crippen molar-refractivity contribution in [3.05, 3.63) is 41.4 Å². The van der Waals surface area contributed by atoms with Gasteiger partial charge in [0.15, 0.2) is 6.61 Å². The summed E-state index contributed by atoms with van der Waals surface area (Å²) >= 11 is 5.91. The molecule has 3 nitrogen and oxygen atoms in total. The van der Waals surface area contributed by atoms with Gasteiger partial charge < -0.3 is 10.1 Å². The third-order valence-corrected chi connectivity index (χ3v) is 2.20. The first-order valence-corrected chi connectivity index (χ1v) is 5.28. The smallest absolute Gasteiger partial charge is 0.258 e. The van der Waals surface area contributed by atoms with E-state index in [2.05, 4.69) is 11.9 Å². The first-order valence-electron chi connectivity index (χ1n) is 4.90. The van der Waals surface area contributed by atoms with E-state index in [4.69, 9.17) is 16.3 Å². The van der Waals surface area contributed by atoms with Gasteiger partial charge in [-0.1, -0.05) is 23.7 Å². The Morgan fingerprint density at radius 2 is 2.38 bits per heavy atom. The maximum Gasteiger partial charge on any atom is 0.258 e. The van der Waals surface area contributed by atoms with E-state index in [0.717, 1.165) is 5.56 Å². The van der Waals surface area contributed by atoms with Crippen molar-refractivity contribution < 1.29 is 9.53 Å². The summed E-state index contributed by atoms with van der Waals surface area (Å²) in [5.74, 6) is 0.327.